The first-order chi connectivity index (χ1) is 12.5. The molecule has 0 saturated heterocycles. The van der Waals surface area contributed by atoms with Gasteiger partial charge in [-0.2, -0.15) is 15.3 Å². The van der Waals surface area contributed by atoms with Gasteiger partial charge in [0.2, 0.25) is 5.91 Å². The maximum atomic E-state index is 12.1. The minimum atomic E-state index is -0.526. The van der Waals surface area contributed by atoms with Crippen LogP contribution in [0.2, 0.25) is 0 Å². The quantitative estimate of drug-likeness (QED) is 0.499. The normalized spacial score (nSPS) is 10.8. The highest BCUT2D eigenvalue weighted by Crippen LogP contribution is 2.16. The third kappa shape index (κ3) is 3.77. The lowest BCUT2D eigenvalue weighted by molar-refractivity contribution is -0.385. The predicted molar refractivity (Wildman–Crippen MR) is 91.5 cm³/mol. The van der Waals surface area contributed by atoms with E-state index in [-0.39, 0.29) is 18.1 Å². The Bertz CT molecular complexity index is 938. The van der Waals surface area contributed by atoms with Crippen molar-refractivity contribution in [1.82, 2.24) is 29.3 Å². The van der Waals surface area contributed by atoms with Crippen LogP contribution in [0.4, 0.5) is 11.4 Å². The molecule has 0 bridgehead atoms. The summed E-state index contributed by atoms with van der Waals surface area (Å²) in [7, 11) is 0. The Balaban J connectivity index is 1.60. The second kappa shape index (κ2) is 7.17. The Hall–Kier alpha value is -3.50. The van der Waals surface area contributed by atoms with Crippen LogP contribution in [0.3, 0.4) is 0 Å². The van der Waals surface area contributed by atoms with Gasteiger partial charge in [0.15, 0.2) is 0 Å². The van der Waals surface area contributed by atoms with Gasteiger partial charge in [-0.05, 0) is 13.8 Å². The van der Waals surface area contributed by atoms with Gasteiger partial charge >= 0.3 is 5.69 Å². The lowest BCUT2D eigenvalue weighted by Crippen LogP contribution is -2.20. The number of amides is 1. The topological polar surface area (TPSA) is 126 Å². The molecule has 0 fully saturated rings. The number of nitrogens with zero attached hydrogens (tertiary/aromatic N) is 7. The molecule has 0 unspecified atom stereocenters. The van der Waals surface area contributed by atoms with Crippen molar-refractivity contribution in [2.45, 2.75) is 33.5 Å². The highest BCUT2D eigenvalue weighted by atomic mass is 16.6. The molecule has 11 nitrogen and oxygen atoms in total. The van der Waals surface area contributed by atoms with E-state index < -0.39 is 4.92 Å². The number of aromatic nitrogens is 6. The van der Waals surface area contributed by atoms with Crippen LogP contribution in [0.1, 0.15) is 18.2 Å². The summed E-state index contributed by atoms with van der Waals surface area (Å²) in [5.74, 6) is -0.343. The largest absolute Gasteiger partial charge is 0.322 e. The molecular formula is C15H18N8O3. The van der Waals surface area contributed by atoms with E-state index in [1.165, 1.54) is 4.68 Å². The molecule has 3 aromatic rings. The summed E-state index contributed by atoms with van der Waals surface area (Å²) in [6.45, 7) is 4.78. The summed E-state index contributed by atoms with van der Waals surface area (Å²) in [5, 5.41) is 25.8. The van der Waals surface area contributed by atoms with Crippen molar-refractivity contribution >= 4 is 17.3 Å². The van der Waals surface area contributed by atoms with E-state index in [0.29, 0.717) is 17.9 Å². The molecule has 136 valence electrons. The lowest BCUT2D eigenvalue weighted by Gasteiger charge is -2.04. The van der Waals surface area contributed by atoms with Crippen LogP contribution in [0.5, 0.6) is 0 Å². The van der Waals surface area contributed by atoms with Crippen molar-refractivity contribution in [3.8, 4) is 0 Å². The first-order valence-corrected chi connectivity index (χ1v) is 7.96. The molecule has 0 aromatic carbocycles. The van der Waals surface area contributed by atoms with Gasteiger partial charge in [-0.15, -0.1) is 0 Å². The minimum absolute atomic E-state index is 0.113. The Morgan fingerprint density at radius 2 is 1.96 bits per heavy atom. The van der Waals surface area contributed by atoms with Gasteiger partial charge < -0.3 is 5.32 Å². The zero-order valence-electron chi connectivity index (χ0n) is 14.4. The zero-order chi connectivity index (χ0) is 18.7. The van der Waals surface area contributed by atoms with Gasteiger partial charge in [0.25, 0.3) is 0 Å². The minimum Gasteiger partial charge on any atom is -0.322 e. The molecule has 26 heavy (non-hydrogen) atoms. The molecule has 1 amide bonds. The number of carbonyl (C=O) groups excluding carboxylic acids is 1. The molecule has 0 aliphatic carbocycles. The first kappa shape index (κ1) is 17.3. The van der Waals surface area contributed by atoms with E-state index >= 15 is 0 Å². The molecule has 1 N–H and O–H groups in total. The Kier molecular flexibility index (Phi) is 4.78. The summed E-state index contributed by atoms with van der Waals surface area (Å²) < 4.78 is 4.81. The van der Waals surface area contributed by atoms with E-state index in [1.807, 2.05) is 17.8 Å². The molecular weight excluding hydrogens is 340 g/mol. The first-order valence-electron chi connectivity index (χ1n) is 7.96. The molecule has 0 aliphatic rings. The summed E-state index contributed by atoms with van der Waals surface area (Å²) >= 11 is 0. The van der Waals surface area contributed by atoms with E-state index in [9.17, 15) is 14.9 Å². The van der Waals surface area contributed by atoms with E-state index in [0.717, 1.165) is 18.3 Å². The number of nitrogens with one attached hydrogen (secondary N) is 1. The summed E-state index contributed by atoms with van der Waals surface area (Å²) in [6.07, 6.45) is 8.10. The molecule has 3 heterocycles. The lowest BCUT2D eigenvalue weighted by atomic mass is 10.4. The number of hydrogen-bond acceptors (Lipinski definition) is 6. The van der Waals surface area contributed by atoms with Gasteiger partial charge in [0, 0.05) is 24.5 Å². The Morgan fingerprint density at radius 1 is 1.19 bits per heavy atom. The smallest absolute Gasteiger partial charge is 0.309 e. The van der Waals surface area contributed by atoms with Gasteiger partial charge in [-0.25, -0.2) is 0 Å². The van der Waals surface area contributed by atoms with Crippen molar-refractivity contribution in [2.24, 2.45) is 0 Å². The summed E-state index contributed by atoms with van der Waals surface area (Å²) in [4.78, 5) is 22.4. The van der Waals surface area contributed by atoms with E-state index in [4.69, 9.17) is 0 Å². The molecule has 3 aromatic heterocycles. The van der Waals surface area contributed by atoms with Crippen LogP contribution in [-0.2, 0) is 24.4 Å². The Morgan fingerprint density at radius 3 is 2.62 bits per heavy atom. The van der Waals surface area contributed by atoms with Gasteiger partial charge in [0.05, 0.1) is 29.5 Å². The molecule has 0 aliphatic heterocycles. The van der Waals surface area contributed by atoms with Gasteiger partial charge in [0.1, 0.15) is 18.4 Å². The van der Waals surface area contributed by atoms with Crippen LogP contribution >= 0.6 is 0 Å². The SMILES string of the molecule is CCn1cc(Cn2cc(NC(=O)Cn3ncc([N+](=O)[O-])c3C)cn2)cn1. The predicted octanol–water partition coefficient (Wildman–Crippen LogP) is 1.20. The monoisotopic (exact) mass is 358 g/mol. The highest BCUT2D eigenvalue weighted by Gasteiger charge is 2.18. The van der Waals surface area contributed by atoms with Crippen molar-refractivity contribution in [3.63, 3.8) is 0 Å². The highest BCUT2D eigenvalue weighted by molar-refractivity contribution is 5.90. The second-order valence-electron chi connectivity index (χ2n) is 5.71. The number of aryl methyl sites for hydroxylation is 1. The second-order valence-corrected chi connectivity index (χ2v) is 5.71. The molecule has 3 rings (SSSR count). The van der Waals surface area contributed by atoms with Crippen molar-refractivity contribution in [1.29, 1.82) is 0 Å². The number of carbonyl (C=O) groups is 1. The van der Waals surface area contributed by atoms with Crippen molar-refractivity contribution in [3.05, 3.63) is 52.4 Å². The summed E-state index contributed by atoms with van der Waals surface area (Å²) in [6, 6.07) is 0. The fourth-order valence-corrected chi connectivity index (χ4v) is 2.47. The van der Waals surface area contributed by atoms with Crippen molar-refractivity contribution in [2.75, 3.05) is 5.32 Å². The fraction of sp³-hybridized carbons (Fsp3) is 0.333. The fourth-order valence-electron chi connectivity index (χ4n) is 2.47. The average Bonchev–Trinajstić information content (AvgIpc) is 3.30. The zero-order valence-corrected chi connectivity index (χ0v) is 14.4. The van der Waals surface area contributed by atoms with Crippen LogP contribution < -0.4 is 5.32 Å². The van der Waals surface area contributed by atoms with Crippen LogP contribution in [0.15, 0.2) is 31.0 Å². The van der Waals surface area contributed by atoms with Crippen LogP contribution in [0.25, 0.3) is 0 Å². The molecule has 0 atom stereocenters. The standard InChI is InChI=1S/C15H18N8O3/c1-3-20-7-12(4-16-20)8-21-9-13(5-17-21)19-15(24)10-22-11(2)14(6-18-22)23(25)26/h4-7,9H,3,8,10H2,1-2H3,(H,19,24). The van der Waals surface area contributed by atoms with Gasteiger partial charge in [-0.3, -0.25) is 29.0 Å². The van der Waals surface area contributed by atoms with Gasteiger partial charge in [-0.1, -0.05) is 0 Å². The van der Waals surface area contributed by atoms with E-state index in [1.54, 1.807) is 30.2 Å². The maximum Gasteiger partial charge on any atom is 0.309 e. The maximum absolute atomic E-state index is 12.1. The molecule has 0 saturated carbocycles. The molecule has 0 spiro atoms. The number of rotatable bonds is 7. The van der Waals surface area contributed by atoms with Crippen LogP contribution in [-0.4, -0.2) is 40.2 Å². The average molecular weight is 358 g/mol. The number of hydrogen-bond donors (Lipinski definition) is 1. The summed E-state index contributed by atoms with van der Waals surface area (Å²) in [5.41, 5.74) is 1.76. The molecule has 0 radical (unpaired) electrons. The number of anilines is 1. The third-order valence-corrected chi connectivity index (χ3v) is 3.84. The van der Waals surface area contributed by atoms with E-state index in [2.05, 4.69) is 20.6 Å². The molecule has 11 heteroatoms. The third-order valence-electron chi connectivity index (χ3n) is 3.84. The number of nitro groups is 1. The van der Waals surface area contributed by atoms with Crippen molar-refractivity contribution < 1.29 is 9.72 Å². The Labute approximate surface area is 148 Å². The van der Waals surface area contributed by atoms with Crippen LogP contribution in [0, 0.1) is 17.0 Å².